The van der Waals surface area contributed by atoms with Crippen molar-refractivity contribution in [3.63, 3.8) is 0 Å². The van der Waals surface area contributed by atoms with E-state index in [0.717, 1.165) is 6.42 Å². The standard InChI is InChI=1S/C22H21ClN2O6/c1-4-13(3)30-19-9-6-14(11-20(19)29-5-2)10-18-22(26)31-21(24-18)16-12-15(25(27)28)7-8-17(16)23/h6-13H,4-5H2,1-3H3/b18-10-. The number of benzene rings is 2. The molecule has 0 aromatic heterocycles. The van der Waals surface area contributed by atoms with Gasteiger partial charge in [-0.3, -0.25) is 10.1 Å². The van der Waals surface area contributed by atoms with Gasteiger partial charge in [0.2, 0.25) is 5.90 Å². The molecule has 1 aliphatic rings. The van der Waals surface area contributed by atoms with Crippen molar-refractivity contribution >= 4 is 35.2 Å². The summed E-state index contributed by atoms with van der Waals surface area (Å²) < 4.78 is 16.7. The number of nitro benzene ring substituents is 1. The van der Waals surface area contributed by atoms with Crippen LogP contribution in [-0.4, -0.2) is 29.5 Å². The molecule has 0 spiro atoms. The summed E-state index contributed by atoms with van der Waals surface area (Å²) in [7, 11) is 0. The SMILES string of the molecule is CCOc1cc(/C=C2\N=C(c3cc([N+](=O)[O-])ccc3Cl)OC2=O)ccc1OC(C)CC. The fourth-order valence-electron chi connectivity index (χ4n) is 2.75. The Labute approximate surface area is 184 Å². The molecule has 1 unspecified atom stereocenters. The Morgan fingerprint density at radius 1 is 1.23 bits per heavy atom. The third kappa shape index (κ3) is 5.21. The number of carbonyl (C=O) groups excluding carboxylic acids is 1. The van der Waals surface area contributed by atoms with Crippen molar-refractivity contribution in [3.8, 4) is 11.5 Å². The van der Waals surface area contributed by atoms with Crippen LogP contribution in [0.1, 0.15) is 38.3 Å². The van der Waals surface area contributed by atoms with Gasteiger partial charge in [-0.25, -0.2) is 9.79 Å². The number of halogens is 1. The molecule has 0 N–H and O–H groups in total. The highest BCUT2D eigenvalue weighted by Gasteiger charge is 2.27. The minimum atomic E-state index is -0.685. The van der Waals surface area contributed by atoms with E-state index in [-0.39, 0.29) is 34.0 Å². The summed E-state index contributed by atoms with van der Waals surface area (Å²) in [5.41, 5.74) is 0.673. The van der Waals surface area contributed by atoms with Gasteiger partial charge in [-0.15, -0.1) is 0 Å². The second-order valence-electron chi connectivity index (χ2n) is 6.73. The van der Waals surface area contributed by atoms with Crippen LogP contribution in [-0.2, 0) is 9.53 Å². The number of ether oxygens (including phenoxy) is 3. The summed E-state index contributed by atoms with van der Waals surface area (Å²) in [6.45, 7) is 6.31. The summed E-state index contributed by atoms with van der Waals surface area (Å²) in [5.74, 6) is 0.386. The first-order chi connectivity index (χ1) is 14.8. The van der Waals surface area contributed by atoms with Crippen LogP contribution in [0.25, 0.3) is 6.08 Å². The third-order valence-corrected chi connectivity index (χ3v) is 4.82. The van der Waals surface area contributed by atoms with E-state index in [1.165, 1.54) is 24.3 Å². The highest BCUT2D eigenvalue weighted by atomic mass is 35.5. The Kier molecular flexibility index (Phi) is 6.91. The zero-order chi connectivity index (χ0) is 22.5. The lowest BCUT2D eigenvalue weighted by molar-refractivity contribution is -0.384. The maximum Gasteiger partial charge on any atom is 0.363 e. The van der Waals surface area contributed by atoms with Crippen molar-refractivity contribution in [3.05, 3.63) is 68.4 Å². The van der Waals surface area contributed by atoms with Crippen LogP contribution in [0.5, 0.6) is 11.5 Å². The van der Waals surface area contributed by atoms with E-state index in [4.69, 9.17) is 25.8 Å². The van der Waals surface area contributed by atoms with Gasteiger partial charge in [0.15, 0.2) is 17.2 Å². The minimum absolute atomic E-state index is 0.0278. The zero-order valence-electron chi connectivity index (χ0n) is 17.3. The average molecular weight is 445 g/mol. The molecule has 1 atom stereocenters. The van der Waals surface area contributed by atoms with Crippen molar-refractivity contribution in [2.75, 3.05) is 6.61 Å². The van der Waals surface area contributed by atoms with Gasteiger partial charge < -0.3 is 14.2 Å². The molecular weight excluding hydrogens is 424 g/mol. The summed E-state index contributed by atoms with van der Waals surface area (Å²) in [4.78, 5) is 27.0. The summed E-state index contributed by atoms with van der Waals surface area (Å²) in [6.07, 6.45) is 2.41. The van der Waals surface area contributed by atoms with E-state index in [1.54, 1.807) is 18.2 Å². The molecule has 2 aromatic rings. The molecule has 0 saturated heterocycles. The van der Waals surface area contributed by atoms with Crippen LogP contribution >= 0.6 is 11.6 Å². The molecule has 0 radical (unpaired) electrons. The first-order valence-electron chi connectivity index (χ1n) is 9.72. The molecule has 1 heterocycles. The van der Waals surface area contributed by atoms with Crippen LogP contribution in [0.15, 0.2) is 47.1 Å². The number of carbonyl (C=O) groups is 1. The maximum atomic E-state index is 12.3. The van der Waals surface area contributed by atoms with E-state index in [1.807, 2.05) is 20.8 Å². The molecular formula is C22H21ClN2O6. The molecule has 1 aliphatic heterocycles. The fraction of sp³-hybridized carbons (Fsp3) is 0.273. The zero-order valence-corrected chi connectivity index (χ0v) is 18.0. The molecule has 162 valence electrons. The van der Waals surface area contributed by atoms with Crippen LogP contribution in [0.4, 0.5) is 5.69 Å². The van der Waals surface area contributed by atoms with Gasteiger partial charge in [0, 0.05) is 12.1 Å². The van der Waals surface area contributed by atoms with Gasteiger partial charge in [0.1, 0.15) is 0 Å². The van der Waals surface area contributed by atoms with Gasteiger partial charge in [0.05, 0.1) is 28.2 Å². The Bertz CT molecular complexity index is 1080. The summed E-state index contributed by atoms with van der Waals surface area (Å²) in [5, 5.41) is 11.2. The smallest absolute Gasteiger partial charge is 0.363 e. The normalized spacial score (nSPS) is 15.4. The second-order valence-corrected chi connectivity index (χ2v) is 7.14. The molecule has 0 aliphatic carbocycles. The number of aliphatic imine (C=N–C) groups is 1. The molecule has 0 fully saturated rings. The highest BCUT2D eigenvalue weighted by molar-refractivity contribution is 6.34. The van der Waals surface area contributed by atoms with Crippen molar-refractivity contribution in [1.29, 1.82) is 0 Å². The van der Waals surface area contributed by atoms with Gasteiger partial charge in [0.25, 0.3) is 5.69 Å². The topological polar surface area (TPSA) is 100 Å². The molecule has 9 heteroatoms. The largest absolute Gasteiger partial charge is 0.490 e. The molecule has 3 rings (SSSR count). The summed E-state index contributed by atoms with van der Waals surface area (Å²) in [6, 6.07) is 9.12. The van der Waals surface area contributed by atoms with Gasteiger partial charge in [-0.1, -0.05) is 24.6 Å². The second kappa shape index (κ2) is 9.61. The first kappa shape index (κ1) is 22.3. The van der Waals surface area contributed by atoms with E-state index in [0.29, 0.717) is 23.7 Å². The summed E-state index contributed by atoms with van der Waals surface area (Å²) >= 11 is 6.12. The number of non-ortho nitro benzene ring substituents is 1. The number of rotatable bonds is 8. The molecule has 0 amide bonds. The van der Waals surface area contributed by atoms with Gasteiger partial charge in [-0.05, 0) is 50.1 Å². The van der Waals surface area contributed by atoms with Crippen molar-refractivity contribution < 1.29 is 23.9 Å². The number of hydrogen-bond acceptors (Lipinski definition) is 7. The number of cyclic esters (lactones) is 1. The van der Waals surface area contributed by atoms with Crippen molar-refractivity contribution in [1.82, 2.24) is 0 Å². The highest BCUT2D eigenvalue weighted by Crippen LogP contribution is 2.32. The lowest BCUT2D eigenvalue weighted by atomic mass is 10.1. The number of nitro groups is 1. The van der Waals surface area contributed by atoms with E-state index in [9.17, 15) is 14.9 Å². The molecule has 31 heavy (non-hydrogen) atoms. The number of nitrogens with zero attached hydrogens (tertiary/aromatic N) is 2. The van der Waals surface area contributed by atoms with Crippen LogP contribution in [0, 0.1) is 10.1 Å². The minimum Gasteiger partial charge on any atom is -0.490 e. The van der Waals surface area contributed by atoms with Gasteiger partial charge >= 0.3 is 5.97 Å². The predicted molar refractivity (Wildman–Crippen MR) is 117 cm³/mol. The van der Waals surface area contributed by atoms with Crippen LogP contribution < -0.4 is 9.47 Å². The Hall–Kier alpha value is -3.39. The lowest BCUT2D eigenvalue weighted by Gasteiger charge is -2.16. The third-order valence-electron chi connectivity index (χ3n) is 4.49. The monoisotopic (exact) mass is 444 g/mol. The maximum absolute atomic E-state index is 12.3. The lowest BCUT2D eigenvalue weighted by Crippen LogP contribution is -2.10. The molecule has 8 nitrogen and oxygen atoms in total. The van der Waals surface area contributed by atoms with E-state index >= 15 is 0 Å². The van der Waals surface area contributed by atoms with Crippen molar-refractivity contribution in [2.45, 2.75) is 33.3 Å². The van der Waals surface area contributed by atoms with Crippen LogP contribution in [0.2, 0.25) is 5.02 Å². The Morgan fingerprint density at radius 3 is 2.68 bits per heavy atom. The Balaban J connectivity index is 1.94. The molecule has 0 bridgehead atoms. The Morgan fingerprint density at radius 2 is 2.00 bits per heavy atom. The quantitative estimate of drug-likeness (QED) is 0.241. The predicted octanol–water partition coefficient (Wildman–Crippen LogP) is 5.17. The van der Waals surface area contributed by atoms with Crippen molar-refractivity contribution in [2.24, 2.45) is 4.99 Å². The number of hydrogen-bond donors (Lipinski definition) is 0. The van der Waals surface area contributed by atoms with E-state index < -0.39 is 10.9 Å². The van der Waals surface area contributed by atoms with Gasteiger partial charge in [-0.2, -0.15) is 0 Å². The average Bonchev–Trinajstić information content (AvgIpc) is 3.10. The molecule has 0 saturated carbocycles. The molecule has 2 aromatic carbocycles. The van der Waals surface area contributed by atoms with Crippen LogP contribution in [0.3, 0.4) is 0 Å². The fourth-order valence-corrected chi connectivity index (χ4v) is 2.95. The van der Waals surface area contributed by atoms with E-state index in [2.05, 4.69) is 4.99 Å². The number of esters is 1. The first-order valence-corrected chi connectivity index (χ1v) is 10.1.